The molecule has 0 aliphatic heterocycles. The van der Waals surface area contributed by atoms with Gasteiger partial charge in [-0.3, -0.25) is 4.79 Å². The molecule has 0 unspecified atom stereocenters. The molecule has 0 bridgehead atoms. The number of hydrogen-bond donors (Lipinski definition) is 4. The highest BCUT2D eigenvalue weighted by Gasteiger charge is 2.20. The number of hydrogen-bond acceptors (Lipinski definition) is 7. The number of thiol groups is 1. The van der Waals surface area contributed by atoms with Crippen LogP contribution in [-0.4, -0.2) is 52.4 Å². The number of carbonyl (C=O) groups is 2. The maximum absolute atomic E-state index is 13.1. The van der Waals surface area contributed by atoms with Gasteiger partial charge in [0.25, 0.3) is 5.91 Å². The summed E-state index contributed by atoms with van der Waals surface area (Å²) in [6.45, 7) is 1.33. The first kappa shape index (κ1) is 40.1. The first-order valence-electron chi connectivity index (χ1n) is 11.2. The van der Waals surface area contributed by atoms with Gasteiger partial charge < -0.3 is 30.8 Å². The van der Waals surface area contributed by atoms with Crippen molar-refractivity contribution < 1.29 is 55.2 Å². The van der Waals surface area contributed by atoms with Crippen LogP contribution < -0.4 is 25.7 Å². The summed E-state index contributed by atoms with van der Waals surface area (Å²) in [6.07, 6.45) is 1.69. The fourth-order valence-corrected chi connectivity index (χ4v) is 2.72. The molecule has 8 nitrogen and oxygen atoms in total. The number of benzene rings is 3. The Balaban J connectivity index is 0. The summed E-state index contributed by atoms with van der Waals surface area (Å²) < 4.78 is 91.3. The highest BCUT2D eigenvalue weighted by atomic mass is 32.1. The standard InChI is InChI=1S/C8H7F2NO2.C8H9F2NO.C8H6F2O3.CH3B.CH4S/c1-13-5-3-2-4(9)6(7(5)10)8(11)12;1-12-7-3-2-6(9)5(4-11)8(7)10;1-13-5-3-2-4(9)6(7(5)10)8(11)12;2*1-2/h2-3H,1H3,(H2,11,12);2-3H,4,11H2,1H3;2-3H,1H3,(H,11,12);1H3;2H,1H3. The maximum atomic E-state index is 13.1. The molecule has 0 fully saturated rings. The summed E-state index contributed by atoms with van der Waals surface area (Å²) in [5, 5.41) is 8.43. The molecule has 3 rings (SSSR count). The zero-order valence-corrected chi connectivity index (χ0v) is 24.0. The van der Waals surface area contributed by atoms with Crippen molar-refractivity contribution in [1.29, 1.82) is 0 Å². The van der Waals surface area contributed by atoms with E-state index in [1.54, 1.807) is 6.26 Å². The van der Waals surface area contributed by atoms with Crippen LogP contribution in [0.15, 0.2) is 36.4 Å². The Hall–Kier alpha value is -4.05. The van der Waals surface area contributed by atoms with Gasteiger partial charge in [-0.1, -0.05) is 6.82 Å². The molecule has 3 aromatic rings. The summed E-state index contributed by atoms with van der Waals surface area (Å²) in [5.74, 6) is -9.06. The van der Waals surface area contributed by atoms with E-state index in [1.807, 2.05) is 0 Å². The van der Waals surface area contributed by atoms with Gasteiger partial charge in [0.05, 0.1) is 29.2 Å². The molecular weight excluding hydrogens is 593 g/mol. The minimum atomic E-state index is -1.66. The molecule has 1 amide bonds. The van der Waals surface area contributed by atoms with Crippen molar-refractivity contribution in [2.75, 3.05) is 27.6 Å². The van der Waals surface area contributed by atoms with Crippen molar-refractivity contribution in [3.63, 3.8) is 0 Å². The van der Waals surface area contributed by atoms with Crippen LogP contribution in [0.5, 0.6) is 17.2 Å². The highest BCUT2D eigenvalue weighted by molar-refractivity contribution is 7.79. The smallest absolute Gasteiger partial charge is 0.341 e. The predicted molar refractivity (Wildman–Crippen MR) is 149 cm³/mol. The Morgan fingerprint density at radius 2 is 1.05 bits per heavy atom. The SMILES string of the molecule is COc1ccc(F)c(C(=O)O)c1F.COc1ccc(F)c(C(N)=O)c1F.COc1ccc(F)c(CN)c1F.CS.[B]C. The third-order valence-corrected chi connectivity index (χ3v) is 4.59. The van der Waals surface area contributed by atoms with E-state index < -0.39 is 57.9 Å². The van der Waals surface area contributed by atoms with Crippen LogP contribution in [0, 0.1) is 34.9 Å². The van der Waals surface area contributed by atoms with Gasteiger partial charge in [-0.05, 0) is 42.7 Å². The van der Waals surface area contributed by atoms with Crippen LogP contribution in [0.25, 0.3) is 0 Å². The number of ether oxygens (including phenoxy) is 3. The third kappa shape index (κ3) is 11.1. The first-order chi connectivity index (χ1) is 19.9. The average molecular weight is 622 g/mol. The number of carboxylic acids is 1. The molecule has 42 heavy (non-hydrogen) atoms. The molecular formula is C26H29BF6N2O6S. The van der Waals surface area contributed by atoms with E-state index in [1.165, 1.54) is 34.2 Å². The summed E-state index contributed by atoms with van der Waals surface area (Å²) in [4.78, 5) is 21.0. The quantitative estimate of drug-likeness (QED) is 0.174. The second-order valence-electron chi connectivity index (χ2n) is 6.79. The lowest BCUT2D eigenvalue weighted by Crippen LogP contribution is -2.16. The molecule has 0 spiro atoms. The van der Waals surface area contributed by atoms with Crippen LogP contribution in [0.2, 0.25) is 6.82 Å². The number of aromatic carboxylic acids is 1. The topological polar surface area (TPSA) is 134 Å². The molecule has 5 N–H and O–H groups in total. The Labute approximate surface area is 245 Å². The van der Waals surface area contributed by atoms with Crippen molar-refractivity contribution in [2.45, 2.75) is 13.4 Å². The lowest BCUT2D eigenvalue weighted by molar-refractivity contribution is 0.0685. The molecule has 0 atom stereocenters. The van der Waals surface area contributed by atoms with Gasteiger partial charge in [0.15, 0.2) is 34.7 Å². The second-order valence-corrected chi connectivity index (χ2v) is 6.79. The Morgan fingerprint density at radius 1 is 0.714 bits per heavy atom. The van der Waals surface area contributed by atoms with Gasteiger partial charge in [-0.15, -0.1) is 0 Å². The lowest BCUT2D eigenvalue weighted by atomic mass is 10.2. The normalized spacial score (nSPS) is 9.17. The Bertz CT molecular complexity index is 1250. The molecule has 0 aliphatic carbocycles. The Kier molecular flexibility index (Phi) is 19.8. The summed E-state index contributed by atoms with van der Waals surface area (Å²) in [6, 6.07) is 6.22. The van der Waals surface area contributed by atoms with Gasteiger partial charge in [0, 0.05) is 12.1 Å². The largest absolute Gasteiger partial charge is 0.494 e. The van der Waals surface area contributed by atoms with Crippen molar-refractivity contribution >= 4 is 32.4 Å². The number of amides is 1. The zero-order chi connectivity index (χ0) is 33.2. The third-order valence-electron chi connectivity index (χ3n) is 4.59. The van der Waals surface area contributed by atoms with Crippen LogP contribution >= 0.6 is 12.6 Å². The number of carbonyl (C=O) groups excluding carboxylic acids is 1. The number of carboxylic acid groups (broad SMARTS) is 1. The second kappa shape index (κ2) is 20.8. The molecule has 16 heteroatoms. The molecule has 230 valence electrons. The molecule has 0 saturated heterocycles. The van der Waals surface area contributed by atoms with Crippen LogP contribution in [0.4, 0.5) is 26.3 Å². The van der Waals surface area contributed by atoms with Crippen molar-refractivity contribution in [3.05, 3.63) is 88.0 Å². The monoisotopic (exact) mass is 622 g/mol. The first-order valence-corrected chi connectivity index (χ1v) is 12.1. The summed E-state index contributed by atoms with van der Waals surface area (Å²) >= 11 is 3.53. The van der Waals surface area contributed by atoms with Gasteiger partial charge >= 0.3 is 5.97 Å². The minimum absolute atomic E-state index is 0.0110. The number of primary amides is 1. The van der Waals surface area contributed by atoms with E-state index >= 15 is 0 Å². The van der Waals surface area contributed by atoms with Gasteiger partial charge in [0.1, 0.15) is 28.6 Å². The fourth-order valence-electron chi connectivity index (χ4n) is 2.72. The average Bonchev–Trinajstić information content (AvgIpc) is 2.96. The van der Waals surface area contributed by atoms with Crippen LogP contribution in [0.3, 0.4) is 0 Å². The Morgan fingerprint density at radius 3 is 1.38 bits per heavy atom. The minimum Gasteiger partial charge on any atom is -0.494 e. The molecule has 3 aromatic carbocycles. The highest BCUT2D eigenvalue weighted by Crippen LogP contribution is 2.24. The zero-order valence-electron chi connectivity index (χ0n) is 23.1. The molecule has 0 aromatic heterocycles. The van der Waals surface area contributed by atoms with E-state index in [-0.39, 0.29) is 29.4 Å². The molecule has 0 saturated carbocycles. The van der Waals surface area contributed by atoms with Gasteiger partial charge in [-0.2, -0.15) is 12.6 Å². The predicted octanol–water partition coefficient (Wildman–Crippen LogP) is 4.93. The van der Waals surface area contributed by atoms with E-state index in [0.717, 1.165) is 30.3 Å². The van der Waals surface area contributed by atoms with Crippen molar-refractivity contribution in [3.8, 4) is 17.2 Å². The number of rotatable bonds is 6. The van der Waals surface area contributed by atoms with E-state index in [0.29, 0.717) is 0 Å². The lowest BCUT2D eigenvalue weighted by Gasteiger charge is -2.05. The summed E-state index contributed by atoms with van der Waals surface area (Å²) in [7, 11) is 8.19. The van der Waals surface area contributed by atoms with E-state index in [4.69, 9.17) is 16.6 Å². The van der Waals surface area contributed by atoms with E-state index in [2.05, 4.69) is 34.7 Å². The molecule has 2 radical (unpaired) electrons. The number of nitrogens with two attached hydrogens (primary N) is 2. The molecule has 0 aliphatic rings. The summed E-state index contributed by atoms with van der Waals surface area (Å²) in [5.41, 5.74) is 7.98. The number of halogens is 6. The maximum Gasteiger partial charge on any atom is 0.341 e. The van der Waals surface area contributed by atoms with Gasteiger partial charge in [-0.25, -0.2) is 31.1 Å². The van der Waals surface area contributed by atoms with Crippen molar-refractivity contribution in [2.24, 2.45) is 11.5 Å². The van der Waals surface area contributed by atoms with Crippen LogP contribution in [0.1, 0.15) is 26.3 Å². The van der Waals surface area contributed by atoms with Crippen LogP contribution in [-0.2, 0) is 6.54 Å². The van der Waals surface area contributed by atoms with Crippen molar-refractivity contribution in [1.82, 2.24) is 0 Å². The fraction of sp³-hybridized carbons (Fsp3) is 0.231. The number of methoxy groups -OCH3 is 3. The molecule has 0 heterocycles. The van der Waals surface area contributed by atoms with Gasteiger partial charge in [0.2, 0.25) is 0 Å². The van der Waals surface area contributed by atoms with E-state index in [9.17, 15) is 35.9 Å².